The van der Waals surface area contributed by atoms with E-state index in [4.69, 9.17) is 14.2 Å². The summed E-state index contributed by atoms with van der Waals surface area (Å²) in [5.41, 5.74) is 2.26. The molecule has 2 aliphatic heterocycles. The first-order valence-electron chi connectivity index (χ1n) is 6.01. The summed E-state index contributed by atoms with van der Waals surface area (Å²) in [6.07, 6.45) is 1.11. The van der Waals surface area contributed by atoms with E-state index in [-0.39, 0.29) is 6.10 Å². The van der Waals surface area contributed by atoms with E-state index in [9.17, 15) is 0 Å². The lowest BCUT2D eigenvalue weighted by atomic mass is 9.95. The van der Waals surface area contributed by atoms with E-state index in [1.807, 2.05) is 12.1 Å². The Morgan fingerprint density at radius 2 is 1.94 bits per heavy atom. The van der Waals surface area contributed by atoms with Crippen LogP contribution in [0.4, 0.5) is 5.69 Å². The largest absolute Gasteiger partial charge is 0.486 e. The molecule has 92 valence electrons. The molecule has 0 amide bonds. The summed E-state index contributed by atoms with van der Waals surface area (Å²) in [6.45, 7) is 3.40. The quantitative estimate of drug-likeness (QED) is 0.811. The van der Waals surface area contributed by atoms with E-state index >= 15 is 0 Å². The van der Waals surface area contributed by atoms with Gasteiger partial charge in [0.05, 0.1) is 6.10 Å². The highest BCUT2D eigenvalue weighted by atomic mass is 16.6. The molecule has 0 bridgehead atoms. The monoisotopic (exact) mass is 235 g/mol. The van der Waals surface area contributed by atoms with Crippen molar-refractivity contribution in [2.75, 3.05) is 25.6 Å². The lowest BCUT2D eigenvalue weighted by Gasteiger charge is -2.32. The Bertz CT molecular complexity index is 433. The van der Waals surface area contributed by atoms with Crippen molar-refractivity contribution < 1.29 is 14.2 Å². The molecule has 17 heavy (non-hydrogen) atoms. The summed E-state index contributed by atoms with van der Waals surface area (Å²) in [5.74, 6) is 1.65. The third kappa shape index (κ3) is 1.82. The van der Waals surface area contributed by atoms with E-state index in [1.165, 1.54) is 0 Å². The van der Waals surface area contributed by atoms with Crippen LogP contribution in [0, 0.1) is 0 Å². The first kappa shape index (κ1) is 10.7. The van der Waals surface area contributed by atoms with Gasteiger partial charge in [-0.3, -0.25) is 0 Å². The van der Waals surface area contributed by atoms with Crippen molar-refractivity contribution in [3.8, 4) is 11.5 Å². The predicted molar refractivity (Wildman–Crippen MR) is 64.9 cm³/mol. The topological polar surface area (TPSA) is 39.7 Å². The van der Waals surface area contributed by atoms with Crippen LogP contribution in [0.2, 0.25) is 0 Å². The van der Waals surface area contributed by atoms with Crippen molar-refractivity contribution in [2.45, 2.75) is 25.5 Å². The van der Waals surface area contributed by atoms with Gasteiger partial charge in [0.1, 0.15) is 13.2 Å². The van der Waals surface area contributed by atoms with Crippen LogP contribution in [0.1, 0.15) is 25.0 Å². The highest BCUT2D eigenvalue weighted by Crippen LogP contribution is 2.42. The zero-order valence-corrected chi connectivity index (χ0v) is 10.2. The van der Waals surface area contributed by atoms with Crippen LogP contribution in [0.3, 0.4) is 0 Å². The second-order valence-electron chi connectivity index (χ2n) is 4.59. The molecule has 0 radical (unpaired) electrons. The summed E-state index contributed by atoms with van der Waals surface area (Å²) >= 11 is 0. The molecule has 2 aliphatic rings. The first-order chi connectivity index (χ1) is 8.28. The van der Waals surface area contributed by atoms with Crippen molar-refractivity contribution in [3.05, 3.63) is 17.7 Å². The molecule has 3 rings (SSSR count). The highest BCUT2D eigenvalue weighted by Gasteiger charge is 2.27. The minimum absolute atomic E-state index is 0.136. The van der Waals surface area contributed by atoms with Crippen LogP contribution in [0.15, 0.2) is 12.1 Å². The standard InChI is InChI=1S/C13H17NO3/c1-8-5-11(15-2)9-6-12-13(7-10(9)14-8)17-4-3-16-12/h6-8,11,14H,3-5H2,1-2H3. The molecule has 0 fully saturated rings. The van der Waals surface area contributed by atoms with Crippen LogP contribution in [0.25, 0.3) is 0 Å². The van der Waals surface area contributed by atoms with Gasteiger partial charge in [0.2, 0.25) is 0 Å². The fourth-order valence-corrected chi connectivity index (χ4v) is 2.49. The van der Waals surface area contributed by atoms with E-state index in [0.29, 0.717) is 19.3 Å². The second kappa shape index (κ2) is 4.11. The maximum Gasteiger partial charge on any atom is 0.163 e. The molecular formula is C13H17NO3. The van der Waals surface area contributed by atoms with Crippen LogP contribution < -0.4 is 14.8 Å². The number of hydrogen-bond donors (Lipinski definition) is 1. The van der Waals surface area contributed by atoms with Crippen molar-refractivity contribution in [3.63, 3.8) is 0 Å². The van der Waals surface area contributed by atoms with Gasteiger partial charge in [0.15, 0.2) is 11.5 Å². The Hall–Kier alpha value is -1.42. The molecule has 0 spiro atoms. The molecule has 0 saturated heterocycles. The van der Waals surface area contributed by atoms with Crippen molar-refractivity contribution in [1.82, 2.24) is 0 Å². The minimum atomic E-state index is 0.136. The van der Waals surface area contributed by atoms with Crippen molar-refractivity contribution >= 4 is 5.69 Å². The van der Waals surface area contributed by atoms with Crippen molar-refractivity contribution in [2.24, 2.45) is 0 Å². The fourth-order valence-electron chi connectivity index (χ4n) is 2.49. The van der Waals surface area contributed by atoms with Gasteiger partial charge in [-0.1, -0.05) is 0 Å². The van der Waals surface area contributed by atoms with Gasteiger partial charge in [-0.25, -0.2) is 0 Å². The number of nitrogens with one attached hydrogen (secondary N) is 1. The summed E-state index contributed by atoms with van der Waals surface area (Å²) in [5, 5.41) is 3.46. The van der Waals surface area contributed by atoms with Gasteiger partial charge in [-0.15, -0.1) is 0 Å². The summed E-state index contributed by atoms with van der Waals surface area (Å²) in [4.78, 5) is 0. The molecule has 2 heterocycles. The van der Waals surface area contributed by atoms with Gasteiger partial charge < -0.3 is 19.5 Å². The third-order valence-corrected chi connectivity index (χ3v) is 3.32. The Labute approximate surface area is 101 Å². The van der Waals surface area contributed by atoms with Crippen LogP contribution in [-0.4, -0.2) is 26.4 Å². The lowest BCUT2D eigenvalue weighted by molar-refractivity contribution is 0.0885. The van der Waals surface area contributed by atoms with E-state index in [2.05, 4.69) is 12.2 Å². The number of fused-ring (bicyclic) bond motifs is 2. The van der Waals surface area contributed by atoms with E-state index in [0.717, 1.165) is 29.2 Å². The summed E-state index contributed by atoms with van der Waals surface area (Å²) in [6, 6.07) is 4.47. The van der Waals surface area contributed by atoms with Gasteiger partial charge in [-0.2, -0.15) is 0 Å². The Balaban J connectivity index is 2.04. The smallest absolute Gasteiger partial charge is 0.163 e. The number of hydrogen-bond acceptors (Lipinski definition) is 4. The average Bonchev–Trinajstić information content (AvgIpc) is 2.35. The average molecular weight is 235 g/mol. The minimum Gasteiger partial charge on any atom is -0.486 e. The van der Waals surface area contributed by atoms with Gasteiger partial charge in [0.25, 0.3) is 0 Å². The van der Waals surface area contributed by atoms with Crippen LogP contribution in [0.5, 0.6) is 11.5 Å². The molecule has 1 N–H and O–H groups in total. The first-order valence-corrected chi connectivity index (χ1v) is 6.01. The molecule has 1 aromatic carbocycles. The molecule has 2 unspecified atom stereocenters. The molecule has 1 aromatic rings. The normalized spacial score (nSPS) is 26.0. The van der Waals surface area contributed by atoms with Crippen LogP contribution >= 0.6 is 0 Å². The fraction of sp³-hybridized carbons (Fsp3) is 0.538. The molecular weight excluding hydrogens is 218 g/mol. The third-order valence-electron chi connectivity index (χ3n) is 3.32. The maximum atomic E-state index is 5.60. The molecule has 2 atom stereocenters. The lowest BCUT2D eigenvalue weighted by Crippen LogP contribution is -2.27. The summed E-state index contributed by atoms with van der Waals surface area (Å²) < 4.78 is 16.7. The number of rotatable bonds is 1. The van der Waals surface area contributed by atoms with E-state index in [1.54, 1.807) is 7.11 Å². The number of methoxy groups -OCH3 is 1. The SMILES string of the molecule is COC1CC(C)Nc2cc3c(cc21)OCCO3. The van der Waals surface area contributed by atoms with Gasteiger partial charge >= 0.3 is 0 Å². The zero-order chi connectivity index (χ0) is 11.8. The molecule has 0 aliphatic carbocycles. The highest BCUT2D eigenvalue weighted by molar-refractivity contribution is 5.63. The Morgan fingerprint density at radius 1 is 1.24 bits per heavy atom. The Morgan fingerprint density at radius 3 is 2.65 bits per heavy atom. The van der Waals surface area contributed by atoms with Crippen LogP contribution in [-0.2, 0) is 4.74 Å². The zero-order valence-electron chi connectivity index (χ0n) is 10.2. The summed E-state index contributed by atoms with van der Waals surface area (Å²) in [7, 11) is 1.75. The maximum absolute atomic E-state index is 5.60. The molecule has 0 saturated carbocycles. The van der Waals surface area contributed by atoms with E-state index < -0.39 is 0 Å². The number of ether oxygens (including phenoxy) is 3. The second-order valence-corrected chi connectivity index (χ2v) is 4.59. The number of anilines is 1. The predicted octanol–water partition coefficient (Wildman–Crippen LogP) is 2.35. The molecule has 4 heteroatoms. The molecule has 4 nitrogen and oxygen atoms in total. The van der Waals surface area contributed by atoms with Gasteiger partial charge in [0, 0.05) is 30.5 Å². The Kier molecular flexibility index (Phi) is 2.59. The number of benzene rings is 1. The molecule has 0 aromatic heterocycles. The van der Waals surface area contributed by atoms with Gasteiger partial charge in [-0.05, 0) is 19.4 Å². The van der Waals surface area contributed by atoms with Crippen molar-refractivity contribution in [1.29, 1.82) is 0 Å².